The highest BCUT2D eigenvalue weighted by Crippen LogP contribution is 2.65. The number of ether oxygens (including phenoxy) is 1. The number of hydrogen-bond donors (Lipinski definition) is 1. The molecule has 4 heteroatoms. The molecule has 1 atom stereocenters. The summed E-state index contributed by atoms with van der Waals surface area (Å²) in [7, 11) is 1.43. The minimum Gasteiger partial charge on any atom is -0.468 e. The van der Waals surface area contributed by atoms with E-state index in [0.717, 1.165) is 23.2 Å². The highest BCUT2D eigenvalue weighted by atomic mass is 16.5. The maximum absolute atomic E-state index is 12.2. The van der Waals surface area contributed by atoms with Gasteiger partial charge in [-0.1, -0.05) is 26.0 Å². The SMILES string of the molecule is COC(=O)C1(c2ccc3c(c2)CC(=O)N3)CC1(C)C. The van der Waals surface area contributed by atoms with E-state index >= 15 is 0 Å². The second-order valence-electron chi connectivity index (χ2n) is 6.05. The van der Waals surface area contributed by atoms with Crippen molar-refractivity contribution in [2.75, 3.05) is 12.4 Å². The van der Waals surface area contributed by atoms with Crippen molar-refractivity contribution < 1.29 is 14.3 Å². The average Bonchev–Trinajstić information content (AvgIpc) is 2.76. The third-order valence-electron chi connectivity index (χ3n) is 4.49. The molecular formula is C15H17NO3. The first-order chi connectivity index (χ1) is 8.90. The highest BCUT2D eigenvalue weighted by Gasteiger charge is 2.68. The number of amides is 1. The van der Waals surface area contributed by atoms with Crippen LogP contribution in [0.1, 0.15) is 31.4 Å². The van der Waals surface area contributed by atoms with Crippen molar-refractivity contribution in [3.05, 3.63) is 29.3 Å². The summed E-state index contributed by atoms with van der Waals surface area (Å²) in [4.78, 5) is 23.6. The summed E-state index contributed by atoms with van der Waals surface area (Å²) in [6.45, 7) is 4.14. The van der Waals surface area contributed by atoms with Crippen molar-refractivity contribution in [1.82, 2.24) is 0 Å². The molecule has 4 nitrogen and oxygen atoms in total. The van der Waals surface area contributed by atoms with Crippen LogP contribution in [0, 0.1) is 5.41 Å². The van der Waals surface area contributed by atoms with Crippen molar-refractivity contribution >= 4 is 17.6 Å². The molecule has 100 valence electrons. The fourth-order valence-corrected chi connectivity index (χ4v) is 3.25. The molecule has 1 heterocycles. The normalized spacial score (nSPS) is 26.6. The number of nitrogens with one attached hydrogen (secondary N) is 1. The number of carbonyl (C=O) groups excluding carboxylic acids is 2. The van der Waals surface area contributed by atoms with E-state index in [2.05, 4.69) is 19.2 Å². The van der Waals surface area contributed by atoms with Crippen LogP contribution < -0.4 is 5.32 Å². The fourth-order valence-electron chi connectivity index (χ4n) is 3.25. The quantitative estimate of drug-likeness (QED) is 0.827. The number of methoxy groups -OCH3 is 1. The van der Waals surface area contributed by atoms with Gasteiger partial charge in [-0.3, -0.25) is 9.59 Å². The molecule has 2 aliphatic rings. The molecule has 1 unspecified atom stereocenters. The van der Waals surface area contributed by atoms with Crippen LogP contribution >= 0.6 is 0 Å². The summed E-state index contributed by atoms with van der Waals surface area (Å²) in [5, 5.41) is 2.81. The van der Waals surface area contributed by atoms with E-state index in [-0.39, 0.29) is 17.3 Å². The molecule has 0 spiro atoms. The second kappa shape index (κ2) is 3.59. The van der Waals surface area contributed by atoms with Gasteiger partial charge in [0.2, 0.25) is 5.91 Å². The Kier molecular flexibility index (Phi) is 2.31. The summed E-state index contributed by atoms with van der Waals surface area (Å²) < 4.78 is 4.99. The fraction of sp³-hybridized carbons (Fsp3) is 0.467. The smallest absolute Gasteiger partial charge is 0.316 e. The summed E-state index contributed by atoms with van der Waals surface area (Å²) in [6.07, 6.45) is 1.17. The van der Waals surface area contributed by atoms with Crippen LogP contribution in [-0.4, -0.2) is 19.0 Å². The van der Waals surface area contributed by atoms with Crippen LogP contribution in [0.3, 0.4) is 0 Å². The van der Waals surface area contributed by atoms with Gasteiger partial charge in [-0.25, -0.2) is 0 Å². The lowest BCUT2D eigenvalue weighted by molar-refractivity contribution is -0.144. The number of esters is 1. The van der Waals surface area contributed by atoms with Crippen molar-refractivity contribution in [1.29, 1.82) is 0 Å². The minimum absolute atomic E-state index is 0.00863. The van der Waals surface area contributed by atoms with Crippen LogP contribution in [0.25, 0.3) is 0 Å². The zero-order valence-electron chi connectivity index (χ0n) is 11.4. The molecule has 3 rings (SSSR count). The van der Waals surface area contributed by atoms with Gasteiger partial charge in [0.05, 0.1) is 18.9 Å². The van der Waals surface area contributed by atoms with Crippen molar-refractivity contribution in [2.45, 2.75) is 32.1 Å². The molecular weight excluding hydrogens is 242 g/mol. The second-order valence-corrected chi connectivity index (χ2v) is 6.05. The number of anilines is 1. The van der Waals surface area contributed by atoms with E-state index in [1.807, 2.05) is 18.2 Å². The van der Waals surface area contributed by atoms with E-state index in [1.165, 1.54) is 7.11 Å². The lowest BCUT2D eigenvalue weighted by Gasteiger charge is -2.19. The molecule has 0 radical (unpaired) electrons. The molecule has 1 saturated carbocycles. The maximum atomic E-state index is 12.2. The Balaban J connectivity index is 2.05. The monoisotopic (exact) mass is 259 g/mol. The van der Waals surface area contributed by atoms with Crippen LogP contribution in [0.5, 0.6) is 0 Å². The predicted molar refractivity (Wildman–Crippen MR) is 70.9 cm³/mol. The van der Waals surface area contributed by atoms with Gasteiger partial charge in [0.25, 0.3) is 0 Å². The molecule has 1 aromatic carbocycles. The van der Waals surface area contributed by atoms with E-state index in [0.29, 0.717) is 6.42 Å². The Morgan fingerprint density at radius 2 is 2.05 bits per heavy atom. The molecule has 0 bridgehead atoms. The predicted octanol–water partition coefficient (Wildman–Crippen LogP) is 2.02. The van der Waals surface area contributed by atoms with Crippen LogP contribution in [0.2, 0.25) is 0 Å². The molecule has 1 aliphatic heterocycles. The van der Waals surface area contributed by atoms with Crippen LogP contribution in [0.15, 0.2) is 18.2 Å². The van der Waals surface area contributed by atoms with E-state index in [4.69, 9.17) is 4.74 Å². The average molecular weight is 259 g/mol. The first kappa shape index (κ1) is 12.2. The van der Waals surface area contributed by atoms with Gasteiger partial charge in [-0.15, -0.1) is 0 Å². The van der Waals surface area contributed by atoms with Crippen molar-refractivity contribution in [2.24, 2.45) is 5.41 Å². The summed E-state index contributed by atoms with van der Waals surface area (Å²) >= 11 is 0. The highest BCUT2D eigenvalue weighted by molar-refractivity contribution is 5.99. The number of rotatable bonds is 2. The van der Waals surface area contributed by atoms with E-state index < -0.39 is 5.41 Å². The number of benzene rings is 1. The first-order valence-electron chi connectivity index (χ1n) is 6.42. The Labute approximate surface area is 112 Å². The van der Waals surface area contributed by atoms with Gasteiger partial charge in [0.15, 0.2) is 0 Å². The number of fused-ring (bicyclic) bond motifs is 1. The van der Waals surface area contributed by atoms with Gasteiger partial charge in [-0.05, 0) is 29.0 Å². The maximum Gasteiger partial charge on any atom is 0.316 e. The summed E-state index contributed by atoms with van der Waals surface area (Å²) in [6, 6.07) is 5.78. The minimum atomic E-state index is -0.553. The Morgan fingerprint density at radius 1 is 1.37 bits per heavy atom. The lowest BCUT2D eigenvalue weighted by atomic mass is 9.86. The molecule has 1 aliphatic carbocycles. The van der Waals surface area contributed by atoms with Gasteiger partial charge in [-0.2, -0.15) is 0 Å². The van der Waals surface area contributed by atoms with Crippen LogP contribution in [0.4, 0.5) is 5.69 Å². The number of carbonyl (C=O) groups is 2. The molecule has 0 saturated heterocycles. The molecule has 0 aromatic heterocycles. The van der Waals surface area contributed by atoms with Crippen molar-refractivity contribution in [3.63, 3.8) is 0 Å². The Morgan fingerprint density at radius 3 is 2.63 bits per heavy atom. The number of hydrogen-bond acceptors (Lipinski definition) is 3. The van der Waals surface area contributed by atoms with Gasteiger partial charge < -0.3 is 10.1 Å². The summed E-state index contributed by atoms with van der Waals surface area (Å²) in [5.74, 6) is -0.177. The van der Waals surface area contributed by atoms with Gasteiger partial charge in [0.1, 0.15) is 0 Å². The zero-order chi connectivity index (χ0) is 13.8. The zero-order valence-corrected chi connectivity index (χ0v) is 11.4. The first-order valence-corrected chi connectivity index (χ1v) is 6.42. The Bertz CT molecular complexity index is 591. The van der Waals surface area contributed by atoms with Gasteiger partial charge >= 0.3 is 5.97 Å². The van der Waals surface area contributed by atoms with E-state index in [1.54, 1.807) is 0 Å². The summed E-state index contributed by atoms with van der Waals surface area (Å²) in [5.41, 5.74) is 2.13. The van der Waals surface area contributed by atoms with Crippen LogP contribution in [-0.2, 0) is 26.2 Å². The van der Waals surface area contributed by atoms with Gasteiger partial charge in [0, 0.05) is 5.69 Å². The molecule has 1 N–H and O–H groups in total. The third kappa shape index (κ3) is 1.52. The third-order valence-corrected chi connectivity index (χ3v) is 4.49. The van der Waals surface area contributed by atoms with E-state index in [9.17, 15) is 9.59 Å². The molecule has 1 aromatic rings. The molecule has 19 heavy (non-hydrogen) atoms. The molecule has 1 fully saturated rings. The lowest BCUT2D eigenvalue weighted by Crippen LogP contribution is -2.27. The van der Waals surface area contributed by atoms with Crippen molar-refractivity contribution in [3.8, 4) is 0 Å². The Hall–Kier alpha value is -1.84. The topological polar surface area (TPSA) is 55.4 Å². The molecule has 1 amide bonds. The largest absolute Gasteiger partial charge is 0.468 e. The standard InChI is InChI=1S/C15H17NO3/c1-14(2)8-15(14,13(18)19-3)10-4-5-11-9(6-10)7-12(17)16-11/h4-6H,7-8H2,1-3H3,(H,16,17).